The molecule has 0 radical (unpaired) electrons. The second-order valence-electron chi connectivity index (χ2n) is 8.63. The minimum absolute atomic E-state index is 0.0608. The summed E-state index contributed by atoms with van der Waals surface area (Å²) < 4.78 is 28.8. The number of Topliss-reactive ketones (excluding diaryl/α,β-unsaturated/α-hetero) is 1. The van der Waals surface area contributed by atoms with Crippen molar-refractivity contribution in [3.63, 3.8) is 0 Å². The quantitative estimate of drug-likeness (QED) is 0.561. The molecule has 166 valence electrons. The smallest absolute Gasteiger partial charge is 0.188 e. The molecule has 32 heavy (non-hydrogen) atoms. The standard InChI is InChI=1S/C25H25F2N3O2/c1-14-8-15(10-17(28)9-14)19-6-7-29-13-16(19)11-24(32)25-21(26)4-5-23(30-25)20-3-2-18(31)12-22(20)27/h2-7,12-15,17,31H,8-11,28H2,1H3/t14-,15+,17-/m0/s1. The zero-order valence-electron chi connectivity index (χ0n) is 17.8. The lowest BCUT2D eigenvalue weighted by atomic mass is 9.75. The third-order valence-corrected chi connectivity index (χ3v) is 6.05. The Morgan fingerprint density at radius 3 is 2.69 bits per heavy atom. The van der Waals surface area contributed by atoms with Gasteiger partial charge in [-0.1, -0.05) is 6.92 Å². The highest BCUT2D eigenvalue weighted by Gasteiger charge is 2.28. The molecule has 0 unspecified atom stereocenters. The minimum atomic E-state index is -0.767. The first-order valence-electron chi connectivity index (χ1n) is 10.7. The van der Waals surface area contributed by atoms with Gasteiger partial charge in [0.25, 0.3) is 0 Å². The molecule has 7 heteroatoms. The largest absolute Gasteiger partial charge is 0.508 e. The van der Waals surface area contributed by atoms with Gasteiger partial charge in [0.15, 0.2) is 11.6 Å². The molecule has 0 saturated heterocycles. The first kappa shape index (κ1) is 22.0. The molecule has 2 heterocycles. The van der Waals surface area contributed by atoms with Gasteiger partial charge in [0.05, 0.1) is 5.69 Å². The molecular formula is C25H25F2N3O2. The van der Waals surface area contributed by atoms with Crippen molar-refractivity contribution < 1.29 is 18.7 Å². The van der Waals surface area contributed by atoms with Crippen molar-refractivity contribution in [3.8, 4) is 17.0 Å². The van der Waals surface area contributed by atoms with E-state index in [-0.39, 0.29) is 41.1 Å². The van der Waals surface area contributed by atoms with E-state index in [1.54, 1.807) is 12.4 Å². The number of phenols is 1. The summed E-state index contributed by atoms with van der Waals surface area (Å²) >= 11 is 0. The number of nitrogens with zero attached hydrogens (tertiary/aromatic N) is 2. The van der Waals surface area contributed by atoms with E-state index in [1.165, 1.54) is 18.2 Å². The Bertz CT molecular complexity index is 1140. The number of aromatic hydroxyl groups is 1. The topological polar surface area (TPSA) is 89.1 Å². The molecule has 0 bridgehead atoms. The molecule has 5 nitrogen and oxygen atoms in total. The second-order valence-corrected chi connectivity index (χ2v) is 8.63. The number of aromatic nitrogens is 2. The summed E-state index contributed by atoms with van der Waals surface area (Å²) in [5.74, 6) is -1.51. The Kier molecular flexibility index (Phi) is 6.28. The summed E-state index contributed by atoms with van der Waals surface area (Å²) in [6.07, 6.45) is 6.06. The van der Waals surface area contributed by atoms with Crippen LogP contribution in [0.3, 0.4) is 0 Å². The molecule has 0 amide bonds. The molecule has 4 rings (SSSR count). The number of hydrogen-bond donors (Lipinski definition) is 2. The summed E-state index contributed by atoms with van der Waals surface area (Å²) in [7, 11) is 0. The number of phenolic OH excluding ortho intramolecular Hbond substituents is 1. The molecule has 0 aliphatic heterocycles. The monoisotopic (exact) mass is 437 g/mol. The number of carbonyl (C=O) groups excluding carboxylic acids is 1. The van der Waals surface area contributed by atoms with Crippen LogP contribution < -0.4 is 5.73 Å². The zero-order chi connectivity index (χ0) is 22.8. The van der Waals surface area contributed by atoms with E-state index in [0.29, 0.717) is 5.92 Å². The fraction of sp³-hybridized carbons (Fsp3) is 0.320. The average molecular weight is 437 g/mol. The number of rotatable bonds is 5. The lowest BCUT2D eigenvalue weighted by Gasteiger charge is -2.32. The maximum Gasteiger partial charge on any atom is 0.188 e. The van der Waals surface area contributed by atoms with Crippen LogP contribution >= 0.6 is 0 Å². The minimum Gasteiger partial charge on any atom is -0.508 e. The highest BCUT2D eigenvalue weighted by molar-refractivity contribution is 5.96. The van der Waals surface area contributed by atoms with Crippen LogP contribution in [-0.4, -0.2) is 26.9 Å². The van der Waals surface area contributed by atoms with Gasteiger partial charge in [0, 0.05) is 36.5 Å². The normalized spacial score (nSPS) is 20.8. The molecule has 0 spiro atoms. The van der Waals surface area contributed by atoms with E-state index in [4.69, 9.17) is 5.73 Å². The predicted octanol–water partition coefficient (Wildman–Crippen LogP) is 4.78. The maximum absolute atomic E-state index is 14.5. The Labute approximate surface area is 185 Å². The Morgan fingerprint density at radius 2 is 1.94 bits per heavy atom. The van der Waals surface area contributed by atoms with Crippen molar-refractivity contribution in [1.82, 2.24) is 9.97 Å². The Morgan fingerprint density at radius 1 is 1.12 bits per heavy atom. The van der Waals surface area contributed by atoms with Crippen molar-refractivity contribution in [2.75, 3.05) is 0 Å². The number of pyridine rings is 2. The van der Waals surface area contributed by atoms with Gasteiger partial charge in [-0.15, -0.1) is 0 Å². The van der Waals surface area contributed by atoms with Crippen molar-refractivity contribution >= 4 is 5.78 Å². The van der Waals surface area contributed by atoms with Gasteiger partial charge in [0.1, 0.15) is 17.3 Å². The van der Waals surface area contributed by atoms with Crippen LogP contribution in [-0.2, 0) is 6.42 Å². The van der Waals surface area contributed by atoms with Gasteiger partial charge in [-0.3, -0.25) is 9.78 Å². The van der Waals surface area contributed by atoms with Gasteiger partial charge < -0.3 is 10.8 Å². The fourth-order valence-electron chi connectivity index (χ4n) is 4.65. The fourth-order valence-corrected chi connectivity index (χ4v) is 4.65. The van der Waals surface area contributed by atoms with Crippen molar-refractivity contribution in [2.45, 2.75) is 44.6 Å². The Balaban J connectivity index is 1.63. The van der Waals surface area contributed by atoms with Crippen LogP contribution in [0.25, 0.3) is 11.3 Å². The van der Waals surface area contributed by atoms with Gasteiger partial charge in [-0.25, -0.2) is 13.8 Å². The average Bonchev–Trinajstić information content (AvgIpc) is 2.74. The number of nitrogens with two attached hydrogens (primary N) is 1. The molecule has 1 aliphatic carbocycles. The summed E-state index contributed by atoms with van der Waals surface area (Å²) in [4.78, 5) is 21.3. The first-order valence-corrected chi connectivity index (χ1v) is 10.7. The van der Waals surface area contributed by atoms with E-state index >= 15 is 0 Å². The van der Waals surface area contributed by atoms with Gasteiger partial charge in [-0.2, -0.15) is 0 Å². The van der Waals surface area contributed by atoms with E-state index in [0.717, 1.165) is 42.5 Å². The van der Waals surface area contributed by atoms with Crippen LogP contribution in [0.15, 0.2) is 48.8 Å². The maximum atomic E-state index is 14.5. The molecule has 2 aromatic heterocycles. The Hall–Kier alpha value is -3.19. The third kappa shape index (κ3) is 4.67. The molecular weight excluding hydrogens is 412 g/mol. The van der Waals surface area contributed by atoms with Gasteiger partial charge >= 0.3 is 0 Å². The summed E-state index contributed by atoms with van der Waals surface area (Å²) in [5, 5.41) is 9.41. The zero-order valence-corrected chi connectivity index (χ0v) is 17.8. The highest BCUT2D eigenvalue weighted by Crippen LogP contribution is 2.37. The van der Waals surface area contributed by atoms with Crippen molar-refractivity contribution in [2.24, 2.45) is 11.7 Å². The summed E-state index contributed by atoms with van der Waals surface area (Å²) in [6.45, 7) is 2.17. The van der Waals surface area contributed by atoms with Crippen LogP contribution in [0.5, 0.6) is 5.75 Å². The second kappa shape index (κ2) is 9.12. The summed E-state index contributed by atoms with van der Waals surface area (Å²) in [6, 6.07) is 8.02. The molecule has 3 atom stereocenters. The van der Waals surface area contributed by atoms with Crippen LogP contribution in [0, 0.1) is 17.6 Å². The first-order chi connectivity index (χ1) is 15.3. The number of carbonyl (C=O) groups is 1. The number of halogens is 2. The summed E-state index contributed by atoms with van der Waals surface area (Å²) in [5.41, 5.74) is 7.80. The molecule has 1 aromatic carbocycles. The molecule has 1 aliphatic rings. The molecule has 1 saturated carbocycles. The SMILES string of the molecule is C[C@@H]1C[C@H](N)C[C@H](c2ccncc2CC(=O)c2nc(-c3ccc(O)cc3F)ccc2F)C1. The third-order valence-electron chi connectivity index (χ3n) is 6.05. The van der Waals surface area contributed by atoms with E-state index in [2.05, 4.69) is 16.9 Å². The highest BCUT2D eigenvalue weighted by atomic mass is 19.1. The van der Waals surface area contributed by atoms with E-state index < -0.39 is 17.4 Å². The lowest BCUT2D eigenvalue weighted by molar-refractivity contribution is 0.0983. The van der Waals surface area contributed by atoms with Gasteiger partial charge in [-0.05, 0) is 72.6 Å². The van der Waals surface area contributed by atoms with Crippen LogP contribution in [0.2, 0.25) is 0 Å². The molecule has 1 fully saturated rings. The van der Waals surface area contributed by atoms with Crippen molar-refractivity contribution in [1.29, 1.82) is 0 Å². The van der Waals surface area contributed by atoms with Crippen LogP contribution in [0.4, 0.5) is 8.78 Å². The predicted molar refractivity (Wildman–Crippen MR) is 117 cm³/mol. The number of hydrogen-bond acceptors (Lipinski definition) is 5. The van der Waals surface area contributed by atoms with Crippen LogP contribution in [0.1, 0.15) is 53.7 Å². The van der Waals surface area contributed by atoms with E-state index in [9.17, 15) is 18.7 Å². The molecule has 3 aromatic rings. The number of benzene rings is 1. The van der Waals surface area contributed by atoms with E-state index in [1.807, 2.05) is 6.07 Å². The van der Waals surface area contributed by atoms with Gasteiger partial charge in [0.2, 0.25) is 0 Å². The number of ketones is 1. The molecule has 3 N–H and O–H groups in total. The van der Waals surface area contributed by atoms with Crippen molar-refractivity contribution in [3.05, 3.63) is 77.2 Å². The lowest BCUT2D eigenvalue weighted by Crippen LogP contribution is -2.31.